The maximum Gasteiger partial charge on any atom is 0.274 e. The molecular formula is C19H17N5O2. The molecule has 2 heterocycles. The molecule has 0 saturated heterocycles. The lowest BCUT2D eigenvalue weighted by molar-refractivity contribution is 0.102. The lowest BCUT2D eigenvalue weighted by atomic mass is 10.1. The molecule has 130 valence electrons. The monoisotopic (exact) mass is 347 g/mol. The summed E-state index contributed by atoms with van der Waals surface area (Å²) in [5.41, 5.74) is 2.80. The molecule has 0 bridgehead atoms. The lowest BCUT2D eigenvalue weighted by Crippen LogP contribution is -2.17. The van der Waals surface area contributed by atoms with Gasteiger partial charge in [0.1, 0.15) is 11.8 Å². The number of nitrogens with zero attached hydrogens (tertiary/aromatic N) is 3. The highest BCUT2D eigenvalue weighted by Gasteiger charge is 2.12. The minimum atomic E-state index is -0.474. The van der Waals surface area contributed by atoms with Gasteiger partial charge in [-0.1, -0.05) is 11.6 Å². The molecule has 0 atom stereocenters. The Balaban J connectivity index is 1.96. The van der Waals surface area contributed by atoms with E-state index < -0.39 is 11.5 Å². The number of nitriles is 1. The molecule has 0 aliphatic heterocycles. The highest BCUT2D eigenvalue weighted by molar-refractivity contribution is 6.04. The molecule has 2 N–H and O–H groups in total. The summed E-state index contributed by atoms with van der Waals surface area (Å²) in [6.45, 7) is 4.65. The highest BCUT2D eigenvalue weighted by Crippen LogP contribution is 2.25. The van der Waals surface area contributed by atoms with Crippen molar-refractivity contribution in [3.8, 4) is 6.07 Å². The van der Waals surface area contributed by atoms with Crippen LogP contribution in [-0.4, -0.2) is 20.4 Å². The molecule has 26 heavy (non-hydrogen) atoms. The molecule has 0 saturated carbocycles. The first-order valence-electron chi connectivity index (χ1n) is 8.00. The number of aromatic nitrogens is 3. The number of carbonyl (C=O) groups excluding carboxylic acids is 1. The van der Waals surface area contributed by atoms with E-state index in [0.29, 0.717) is 17.8 Å². The van der Waals surface area contributed by atoms with E-state index in [-0.39, 0.29) is 5.69 Å². The maximum absolute atomic E-state index is 12.3. The number of amides is 1. The van der Waals surface area contributed by atoms with Gasteiger partial charge in [-0.3, -0.25) is 9.59 Å². The summed E-state index contributed by atoms with van der Waals surface area (Å²) >= 11 is 0. The lowest BCUT2D eigenvalue weighted by Gasteiger charge is -2.07. The van der Waals surface area contributed by atoms with Gasteiger partial charge in [0.15, 0.2) is 0 Å². The molecule has 0 aliphatic rings. The van der Waals surface area contributed by atoms with Crippen LogP contribution in [0.25, 0.3) is 10.9 Å². The van der Waals surface area contributed by atoms with Gasteiger partial charge in [-0.2, -0.15) is 5.26 Å². The molecule has 0 aliphatic carbocycles. The van der Waals surface area contributed by atoms with Crippen LogP contribution in [0.2, 0.25) is 0 Å². The zero-order valence-corrected chi connectivity index (χ0v) is 14.4. The third kappa shape index (κ3) is 3.54. The van der Waals surface area contributed by atoms with Crippen molar-refractivity contribution in [1.29, 1.82) is 5.26 Å². The maximum atomic E-state index is 12.3. The first-order valence-corrected chi connectivity index (χ1v) is 8.00. The number of carbonyl (C=O) groups is 1. The summed E-state index contributed by atoms with van der Waals surface area (Å²) in [6, 6.07) is 8.66. The largest absolute Gasteiger partial charge is 0.342 e. The minimum absolute atomic E-state index is 0.0338. The van der Waals surface area contributed by atoms with Crippen LogP contribution in [0.15, 0.2) is 53.2 Å². The van der Waals surface area contributed by atoms with Crippen molar-refractivity contribution in [2.45, 2.75) is 20.4 Å². The van der Waals surface area contributed by atoms with Crippen molar-refractivity contribution in [3.63, 3.8) is 0 Å². The third-order valence-electron chi connectivity index (χ3n) is 3.87. The molecule has 1 aromatic carbocycles. The SMILES string of the molecule is CC(C)=CCn1cc(C#N)c2ccc(NC(=O)c3cc(=O)[nH]cn3)cc21. The van der Waals surface area contributed by atoms with Gasteiger partial charge in [0.2, 0.25) is 0 Å². The fourth-order valence-electron chi connectivity index (χ4n) is 2.58. The van der Waals surface area contributed by atoms with E-state index in [1.54, 1.807) is 24.4 Å². The number of anilines is 1. The van der Waals surface area contributed by atoms with E-state index in [4.69, 9.17) is 0 Å². The summed E-state index contributed by atoms with van der Waals surface area (Å²) in [7, 11) is 0. The van der Waals surface area contributed by atoms with E-state index in [0.717, 1.165) is 17.0 Å². The molecular weight excluding hydrogens is 330 g/mol. The molecule has 2 aromatic heterocycles. The average Bonchev–Trinajstić information content (AvgIpc) is 2.97. The van der Waals surface area contributed by atoms with Crippen molar-refractivity contribution >= 4 is 22.5 Å². The Kier molecular flexibility index (Phi) is 4.67. The Labute approximate surface area is 149 Å². The standard InChI is InChI=1S/C19H17N5O2/c1-12(2)5-6-24-10-13(9-20)15-4-3-14(7-17(15)24)23-19(26)16-8-18(25)22-11-21-16/h3-5,7-8,10-11H,6H2,1-2H3,(H,23,26)(H,21,22,25). The zero-order chi connectivity index (χ0) is 18.7. The summed E-state index contributed by atoms with van der Waals surface area (Å²) in [5.74, 6) is -0.474. The van der Waals surface area contributed by atoms with E-state index >= 15 is 0 Å². The van der Waals surface area contributed by atoms with Crippen molar-refractivity contribution in [1.82, 2.24) is 14.5 Å². The Morgan fingerprint density at radius 3 is 2.88 bits per heavy atom. The molecule has 7 nitrogen and oxygen atoms in total. The van der Waals surface area contributed by atoms with Crippen LogP contribution in [0.3, 0.4) is 0 Å². The van der Waals surface area contributed by atoms with Gasteiger partial charge in [0, 0.05) is 29.9 Å². The Hall–Kier alpha value is -3.66. The Bertz CT molecular complexity index is 1110. The number of benzene rings is 1. The van der Waals surface area contributed by atoms with Crippen LogP contribution in [0.4, 0.5) is 5.69 Å². The number of allylic oxidation sites excluding steroid dienone is 2. The fourth-order valence-corrected chi connectivity index (χ4v) is 2.58. The molecule has 0 fully saturated rings. The molecule has 3 aromatic rings. The van der Waals surface area contributed by atoms with Gasteiger partial charge in [0.05, 0.1) is 17.4 Å². The van der Waals surface area contributed by atoms with Gasteiger partial charge >= 0.3 is 0 Å². The predicted octanol–water partition coefficient (Wildman–Crippen LogP) is 2.81. The van der Waals surface area contributed by atoms with Gasteiger partial charge in [-0.25, -0.2) is 4.98 Å². The van der Waals surface area contributed by atoms with Crippen molar-refractivity contribution in [3.05, 3.63) is 70.0 Å². The molecule has 3 rings (SSSR count). The molecule has 0 radical (unpaired) electrons. The second-order valence-electron chi connectivity index (χ2n) is 6.07. The van der Waals surface area contributed by atoms with Crippen LogP contribution in [-0.2, 0) is 6.54 Å². The molecule has 0 spiro atoms. The zero-order valence-electron chi connectivity index (χ0n) is 14.4. The second kappa shape index (κ2) is 7.07. The fraction of sp³-hybridized carbons (Fsp3) is 0.158. The Morgan fingerprint density at radius 2 is 2.19 bits per heavy atom. The first kappa shape index (κ1) is 17.2. The van der Waals surface area contributed by atoms with Gasteiger partial charge in [0.25, 0.3) is 11.5 Å². The van der Waals surface area contributed by atoms with E-state index in [2.05, 4.69) is 27.4 Å². The topological polar surface area (TPSA) is 104 Å². The molecule has 0 unspecified atom stereocenters. The normalized spacial score (nSPS) is 10.3. The van der Waals surface area contributed by atoms with Crippen molar-refractivity contribution < 1.29 is 4.79 Å². The third-order valence-corrected chi connectivity index (χ3v) is 3.87. The van der Waals surface area contributed by atoms with Crippen molar-refractivity contribution in [2.24, 2.45) is 0 Å². The van der Waals surface area contributed by atoms with E-state index in [1.165, 1.54) is 11.9 Å². The number of aromatic amines is 1. The number of fused-ring (bicyclic) bond motifs is 1. The summed E-state index contributed by atoms with van der Waals surface area (Å²) in [6.07, 6.45) is 5.05. The number of H-pyrrole nitrogens is 1. The van der Waals surface area contributed by atoms with E-state index in [1.807, 2.05) is 18.4 Å². The first-order chi connectivity index (χ1) is 12.5. The Morgan fingerprint density at radius 1 is 1.38 bits per heavy atom. The second-order valence-corrected chi connectivity index (χ2v) is 6.07. The summed E-state index contributed by atoms with van der Waals surface area (Å²) in [5, 5.41) is 12.9. The van der Waals surface area contributed by atoms with E-state index in [9.17, 15) is 14.9 Å². The van der Waals surface area contributed by atoms with Crippen LogP contribution < -0.4 is 10.9 Å². The van der Waals surface area contributed by atoms with Crippen LogP contribution in [0, 0.1) is 11.3 Å². The number of rotatable bonds is 4. The quantitative estimate of drug-likeness (QED) is 0.708. The number of hydrogen-bond acceptors (Lipinski definition) is 4. The van der Waals surface area contributed by atoms with Gasteiger partial charge in [-0.15, -0.1) is 0 Å². The summed E-state index contributed by atoms with van der Waals surface area (Å²) in [4.78, 5) is 29.8. The van der Waals surface area contributed by atoms with Crippen LogP contribution in [0.5, 0.6) is 0 Å². The predicted molar refractivity (Wildman–Crippen MR) is 98.9 cm³/mol. The van der Waals surface area contributed by atoms with Crippen LogP contribution in [0.1, 0.15) is 29.9 Å². The molecule has 1 amide bonds. The number of nitrogens with one attached hydrogen (secondary N) is 2. The smallest absolute Gasteiger partial charge is 0.274 e. The highest BCUT2D eigenvalue weighted by atomic mass is 16.2. The number of hydrogen-bond donors (Lipinski definition) is 2. The average molecular weight is 347 g/mol. The van der Waals surface area contributed by atoms with Crippen LogP contribution >= 0.6 is 0 Å². The molecule has 7 heteroatoms. The minimum Gasteiger partial charge on any atom is -0.342 e. The van der Waals surface area contributed by atoms with Gasteiger partial charge < -0.3 is 14.9 Å². The van der Waals surface area contributed by atoms with Gasteiger partial charge in [-0.05, 0) is 32.0 Å². The summed E-state index contributed by atoms with van der Waals surface area (Å²) < 4.78 is 1.96. The van der Waals surface area contributed by atoms with Crippen molar-refractivity contribution in [2.75, 3.05) is 5.32 Å².